The lowest BCUT2D eigenvalue weighted by molar-refractivity contribution is -0.141. The van der Waals surface area contributed by atoms with E-state index < -0.39 is 18.0 Å². The number of nitrogens with one attached hydrogen (secondary N) is 1. The van der Waals surface area contributed by atoms with Crippen LogP contribution < -0.4 is 5.32 Å². The third-order valence-electron chi connectivity index (χ3n) is 4.41. The van der Waals surface area contributed by atoms with E-state index >= 15 is 0 Å². The molecule has 2 N–H and O–H groups in total. The number of hydrogen-bond acceptors (Lipinski definition) is 3. The van der Waals surface area contributed by atoms with Gasteiger partial charge in [-0.3, -0.25) is 4.79 Å². The summed E-state index contributed by atoms with van der Waals surface area (Å²) in [7, 11) is 1.69. The van der Waals surface area contributed by atoms with Gasteiger partial charge >= 0.3 is 12.0 Å². The van der Waals surface area contributed by atoms with Gasteiger partial charge in [0.25, 0.3) is 0 Å². The number of likely N-dealkylation sites (N-methyl/N-ethyl adjacent to an activating group) is 1. The SMILES string of the molecule is CN1CCN(C(=O)NC(C(=O)O)C2CCCCC2)CC1=O. The maximum Gasteiger partial charge on any atom is 0.326 e. The fraction of sp³-hybridized carbons (Fsp3) is 0.786. The summed E-state index contributed by atoms with van der Waals surface area (Å²) < 4.78 is 0. The van der Waals surface area contributed by atoms with E-state index in [9.17, 15) is 19.5 Å². The topological polar surface area (TPSA) is 89.9 Å². The van der Waals surface area contributed by atoms with Gasteiger partial charge in [0.2, 0.25) is 5.91 Å². The van der Waals surface area contributed by atoms with Crippen LogP contribution in [0.25, 0.3) is 0 Å². The Balaban J connectivity index is 1.95. The second kappa shape index (κ2) is 6.78. The van der Waals surface area contributed by atoms with E-state index in [1.54, 1.807) is 11.9 Å². The van der Waals surface area contributed by atoms with E-state index in [4.69, 9.17) is 0 Å². The van der Waals surface area contributed by atoms with Crippen molar-refractivity contribution in [2.24, 2.45) is 5.92 Å². The van der Waals surface area contributed by atoms with Crippen LogP contribution in [0, 0.1) is 5.92 Å². The van der Waals surface area contributed by atoms with Gasteiger partial charge < -0.3 is 20.2 Å². The Labute approximate surface area is 124 Å². The van der Waals surface area contributed by atoms with Crippen molar-refractivity contribution < 1.29 is 19.5 Å². The number of aliphatic carboxylic acids is 1. The Bertz CT molecular complexity index is 420. The van der Waals surface area contributed by atoms with Crippen LogP contribution in [-0.2, 0) is 9.59 Å². The number of urea groups is 1. The van der Waals surface area contributed by atoms with Crippen LogP contribution in [0.4, 0.5) is 4.79 Å². The number of piperazine rings is 1. The summed E-state index contributed by atoms with van der Waals surface area (Å²) in [4.78, 5) is 38.2. The number of amides is 3. The van der Waals surface area contributed by atoms with Crippen LogP contribution in [0.15, 0.2) is 0 Å². The average Bonchev–Trinajstić information content (AvgIpc) is 2.48. The van der Waals surface area contributed by atoms with E-state index in [2.05, 4.69) is 5.32 Å². The van der Waals surface area contributed by atoms with Gasteiger partial charge in [0, 0.05) is 20.1 Å². The smallest absolute Gasteiger partial charge is 0.326 e. The summed E-state index contributed by atoms with van der Waals surface area (Å²) in [6, 6.07) is -1.30. The molecule has 0 radical (unpaired) electrons. The minimum atomic E-state index is -0.990. The molecule has 0 aromatic heterocycles. The Morgan fingerprint density at radius 2 is 1.90 bits per heavy atom. The number of hydrogen-bond donors (Lipinski definition) is 2. The molecular formula is C14H23N3O4. The monoisotopic (exact) mass is 297 g/mol. The number of carbonyl (C=O) groups excluding carboxylic acids is 2. The molecule has 7 nitrogen and oxygen atoms in total. The van der Waals surface area contributed by atoms with Crippen molar-refractivity contribution in [3.8, 4) is 0 Å². The molecule has 118 valence electrons. The van der Waals surface area contributed by atoms with E-state index in [-0.39, 0.29) is 18.4 Å². The zero-order valence-corrected chi connectivity index (χ0v) is 12.4. The molecule has 1 unspecified atom stereocenters. The van der Waals surface area contributed by atoms with Crippen LogP contribution in [-0.4, -0.2) is 65.5 Å². The zero-order valence-electron chi connectivity index (χ0n) is 12.4. The summed E-state index contributed by atoms with van der Waals surface area (Å²) in [5, 5.41) is 12.0. The molecule has 21 heavy (non-hydrogen) atoms. The van der Waals surface area contributed by atoms with Gasteiger partial charge in [-0.05, 0) is 18.8 Å². The Morgan fingerprint density at radius 3 is 2.48 bits per heavy atom. The van der Waals surface area contributed by atoms with Crippen molar-refractivity contribution in [3.05, 3.63) is 0 Å². The standard InChI is InChI=1S/C14H23N3O4/c1-16-7-8-17(9-11(16)18)14(21)15-12(13(19)20)10-5-3-2-4-6-10/h10,12H,2-9H2,1H3,(H,15,21)(H,19,20). The van der Waals surface area contributed by atoms with Crippen molar-refractivity contribution in [1.82, 2.24) is 15.1 Å². The van der Waals surface area contributed by atoms with Gasteiger partial charge in [0.1, 0.15) is 12.6 Å². The molecule has 2 fully saturated rings. The van der Waals surface area contributed by atoms with E-state index in [0.29, 0.717) is 13.1 Å². The molecule has 1 saturated heterocycles. The quantitative estimate of drug-likeness (QED) is 0.794. The fourth-order valence-electron chi connectivity index (χ4n) is 3.00. The highest BCUT2D eigenvalue weighted by Gasteiger charge is 2.33. The number of nitrogens with zero attached hydrogens (tertiary/aromatic N) is 2. The summed E-state index contributed by atoms with van der Waals surface area (Å²) in [6.07, 6.45) is 4.82. The zero-order chi connectivity index (χ0) is 15.4. The Kier molecular flexibility index (Phi) is 5.03. The normalized spacial score (nSPS) is 22.0. The Morgan fingerprint density at radius 1 is 1.24 bits per heavy atom. The minimum Gasteiger partial charge on any atom is -0.480 e. The highest BCUT2D eigenvalue weighted by molar-refractivity contribution is 5.87. The average molecular weight is 297 g/mol. The first kappa shape index (κ1) is 15.6. The molecule has 0 aromatic rings. The summed E-state index contributed by atoms with van der Waals surface area (Å²) in [5.41, 5.74) is 0. The van der Waals surface area contributed by atoms with Gasteiger partial charge in [0.15, 0.2) is 0 Å². The van der Waals surface area contributed by atoms with Crippen LogP contribution in [0.5, 0.6) is 0 Å². The van der Waals surface area contributed by atoms with Crippen molar-refractivity contribution in [2.45, 2.75) is 38.1 Å². The van der Waals surface area contributed by atoms with Crippen molar-refractivity contribution in [2.75, 3.05) is 26.7 Å². The van der Waals surface area contributed by atoms with Gasteiger partial charge in [-0.2, -0.15) is 0 Å². The lowest BCUT2D eigenvalue weighted by Gasteiger charge is -2.34. The Hall–Kier alpha value is -1.79. The van der Waals surface area contributed by atoms with Crippen molar-refractivity contribution >= 4 is 17.9 Å². The molecule has 1 saturated carbocycles. The van der Waals surface area contributed by atoms with Gasteiger partial charge in [-0.25, -0.2) is 9.59 Å². The summed E-state index contributed by atoms with van der Waals surface area (Å²) >= 11 is 0. The molecule has 3 amide bonds. The lowest BCUT2D eigenvalue weighted by Crippen LogP contribution is -2.57. The third kappa shape index (κ3) is 3.86. The summed E-state index contributed by atoms with van der Waals surface area (Å²) in [6.45, 7) is 0.928. The molecule has 1 aliphatic carbocycles. The molecule has 0 bridgehead atoms. The van der Waals surface area contributed by atoms with Crippen LogP contribution >= 0.6 is 0 Å². The molecule has 2 aliphatic rings. The molecule has 7 heteroatoms. The predicted molar refractivity (Wildman–Crippen MR) is 75.7 cm³/mol. The van der Waals surface area contributed by atoms with Gasteiger partial charge in [-0.15, -0.1) is 0 Å². The predicted octanol–water partition coefficient (Wildman–Crippen LogP) is 0.503. The van der Waals surface area contributed by atoms with Crippen LogP contribution in [0.2, 0.25) is 0 Å². The molecular weight excluding hydrogens is 274 g/mol. The fourth-order valence-corrected chi connectivity index (χ4v) is 3.00. The maximum atomic E-state index is 12.2. The van der Waals surface area contributed by atoms with Crippen LogP contribution in [0.1, 0.15) is 32.1 Å². The van der Waals surface area contributed by atoms with E-state index in [1.807, 2.05) is 0 Å². The number of carbonyl (C=O) groups is 3. The highest BCUT2D eigenvalue weighted by Crippen LogP contribution is 2.26. The third-order valence-corrected chi connectivity index (χ3v) is 4.41. The molecule has 1 heterocycles. The molecule has 0 aromatic carbocycles. The number of carboxylic acids is 1. The molecule has 2 rings (SSSR count). The van der Waals surface area contributed by atoms with Gasteiger partial charge in [-0.1, -0.05) is 19.3 Å². The van der Waals surface area contributed by atoms with Crippen molar-refractivity contribution in [3.63, 3.8) is 0 Å². The first-order valence-electron chi connectivity index (χ1n) is 7.51. The van der Waals surface area contributed by atoms with E-state index in [1.165, 1.54) is 4.90 Å². The number of carboxylic acid groups (broad SMARTS) is 1. The number of rotatable bonds is 3. The molecule has 1 aliphatic heterocycles. The largest absolute Gasteiger partial charge is 0.480 e. The second-order valence-corrected chi connectivity index (χ2v) is 5.90. The first-order valence-corrected chi connectivity index (χ1v) is 7.51. The van der Waals surface area contributed by atoms with E-state index in [0.717, 1.165) is 32.1 Å². The second-order valence-electron chi connectivity index (χ2n) is 5.90. The first-order chi connectivity index (χ1) is 9.99. The molecule has 0 spiro atoms. The molecule has 1 atom stereocenters. The summed E-state index contributed by atoms with van der Waals surface area (Å²) in [5.74, 6) is -1.12. The van der Waals surface area contributed by atoms with Crippen LogP contribution in [0.3, 0.4) is 0 Å². The highest BCUT2D eigenvalue weighted by atomic mass is 16.4. The van der Waals surface area contributed by atoms with Crippen molar-refractivity contribution in [1.29, 1.82) is 0 Å². The lowest BCUT2D eigenvalue weighted by atomic mass is 9.84. The van der Waals surface area contributed by atoms with Gasteiger partial charge in [0.05, 0.1) is 0 Å². The minimum absolute atomic E-state index is 0.0108. The maximum absolute atomic E-state index is 12.2.